The molecule has 0 unspecified atom stereocenters. The van der Waals surface area contributed by atoms with Gasteiger partial charge in [-0.3, -0.25) is 9.11 Å². The Hall–Kier alpha value is -3.60. The summed E-state index contributed by atoms with van der Waals surface area (Å²) >= 11 is 0. The van der Waals surface area contributed by atoms with Gasteiger partial charge in [-0.05, 0) is 12.1 Å². The SMILES string of the molecule is O=C(O)c1cc(O)c(S(=O)(=O)O)c(Cc2c(O)c(C(=O)O)cc(O)c2S(=O)(=O)O)c1O. The summed E-state index contributed by atoms with van der Waals surface area (Å²) in [5.41, 5.74) is -4.62. The van der Waals surface area contributed by atoms with E-state index in [4.69, 9.17) is 10.2 Å². The van der Waals surface area contributed by atoms with Crippen molar-refractivity contribution in [3.8, 4) is 23.0 Å². The molecule has 0 spiro atoms. The Morgan fingerprint density at radius 2 is 0.968 bits per heavy atom. The third-order valence-corrected chi connectivity index (χ3v) is 5.93. The van der Waals surface area contributed by atoms with Gasteiger partial charge in [-0.2, -0.15) is 16.8 Å². The predicted octanol–water partition coefficient (Wildman–Crippen LogP) is -0.0104. The van der Waals surface area contributed by atoms with Crippen LogP contribution in [-0.4, -0.2) is 68.5 Å². The first-order valence-electron chi connectivity index (χ1n) is 7.55. The summed E-state index contributed by atoms with van der Waals surface area (Å²) < 4.78 is 65.4. The molecule has 168 valence electrons. The molecule has 0 heterocycles. The summed E-state index contributed by atoms with van der Waals surface area (Å²) in [6.07, 6.45) is -1.40. The molecule has 0 bridgehead atoms. The zero-order valence-electron chi connectivity index (χ0n) is 14.7. The molecule has 0 atom stereocenters. The second-order valence-electron chi connectivity index (χ2n) is 5.94. The normalized spacial score (nSPS) is 11.9. The monoisotopic (exact) mass is 480 g/mol. The van der Waals surface area contributed by atoms with Crippen LogP contribution in [0.2, 0.25) is 0 Å². The van der Waals surface area contributed by atoms with E-state index in [1.807, 2.05) is 0 Å². The summed E-state index contributed by atoms with van der Waals surface area (Å²) in [7, 11) is -10.8. The van der Waals surface area contributed by atoms with Crippen LogP contribution in [0.1, 0.15) is 31.8 Å². The molecule has 0 aromatic heterocycles. The molecular formula is C15H12O14S2. The smallest absolute Gasteiger partial charge is 0.339 e. The Labute approximate surface area is 172 Å². The molecule has 0 saturated heterocycles. The van der Waals surface area contributed by atoms with Crippen molar-refractivity contribution in [2.24, 2.45) is 0 Å². The molecule has 0 radical (unpaired) electrons. The second kappa shape index (κ2) is 7.58. The average molecular weight is 480 g/mol. The van der Waals surface area contributed by atoms with Crippen molar-refractivity contribution in [1.29, 1.82) is 0 Å². The van der Waals surface area contributed by atoms with Gasteiger partial charge in [0.1, 0.15) is 43.9 Å². The lowest BCUT2D eigenvalue weighted by molar-refractivity contribution is 0.0682. The zero-order chi connectivity index (χ0) is 24.0. The number of rotatable bonds is 6. The highest BCUT2D eigenvalue weighted by atomic mass is 32.2. The molecule has 0 aliphatic rings. The van der Waals surface area contributed by atoms with Gasteiger partial charge < -0.3 is 30.6 Å². The second-order valence-corrected chi connectivity index (χ2v) is 8.65. The van der Waals surface area contributed by atoms with Crippen molar-refractivity contribution in [2.45, 2.75) is 16.2 Å². The number of phenolic OH excluding ortho intramolecular Hbond substituents is 2. The molecule has 0 aliphatic carbocycles. The van der Waals surface area contributed by atoms with Crippen LogP contribution < -0.4 is 0 Å². The van der Waals surface area contributed by atoms with E-state index in [2.05, 4.69) is 0 Å². The van der Waals surface area contributed by atoms with Gasteiger partial charge in [-0.1, -0.05) is 0 Å². The van der Waals surface area contributed by atoms with Gasteiger partial charge >= 0.3 is 11.9 Å². The highest BCUT2D eigenvalue weighted by molar-refractivity contribution is 7.86. The highest BCUT2D eigenvalue weighted by Gasteiger charge is 2.33. The van der Waals surface area contributed by atoms with Crippen LogP contribution in [0.25, 0.3) is 0 Å². The van der Waals surface area contributed by atoms with Gasteiger partial charge in [0, 0.05) is 17.5 Å². The molecule has 0 fully saturated rings. The largest absolute Gasteiger partial charge is 0.507 e. The standard InChI is InChI=1S/C15H12O14S2/c16-8-2-6(14(20)21)10(18)4(12(8)30(24,25)26)1-5-11(19)7(15(22)23)3-9(17)13(5)31(27,28)29/h2-3,16-19H,1H2,(H,20,21)(H,22,23)(H,24,25,26)(H,27,28,29). The fraction of sp³-hybridized carbons (Fsp3) is 0.0667. The molecule has 31 heavy (non-hydrogen) atoms. The fourth-order valence-corrected chi connectivity index (χ4v) is 4.40. The molecule has 0 aliphatic heterocycles. The molecule has 2 aromatic carbocycles. The van der Waals surface area contributed by atoms with Gasteiger partial charge in [0.2, 0.25) is 0 Å². The van der Waals surface area contributed by atoms with E-state index in [-0.39, 0.29) is 12.1 Å². The minimum atomic E-state index is -5.42. The highest BCUT2D eigenvalue weighted by Crippen LogP contribution is 2.43. The van der Waals surface area contributed by atoms with Crippen molar-refractivity contribution in [2.75, 3.05) is 0 Å². The Kier molecular flexibility index (Phi) is 5.79. The maximum Gasteiger partial charge on any atom is 0.339 e. The van der Waals surface area contributed by atoms with E-state index in [1.54, 1.807) is 0 Å². The number of carbonyl (C=O) groups is 2. The number of benzene rings is 2. The lowest BCUT2D eigenvalue weighted by Gasteiger charge is -2.17. The molecular weight excluding hydrogens is 468 g/mol. The third-order valence-electron chi connectivity index (χ3n) is 3.99. The molecule has 2 aromatic rings. The Balaban J connectivity index is 3.07. The molecule has 8 N–H and O–H groups in total. The lowest BCUT2D eigenvalue weighted by Crippen LogP contribution is -2.12. The van der Waals surface area contributed by atoms with Crippen LogP contribution in [0.3, 0.4) is 0 Å². The van der Waals surface area contributed by atoms with Gasteiger partial charge in [0.05, 0.1) is 0 Å². The van der Waals surface area contributed by atoms with E-state index < -0.39 is 93.6 Å². The van der Waals surface area contributed by atoms with E-state index in [0.29, 0.717) is 0 Å². The predicted molar refractivity (Wildman–Crippen MR) is 95.9 cm³/mol. The molecule has 16 heteroatoms. The summed E-state index contributed by atoms with van der Waals surface area (Å²) in [5, 5.41) is 58.3. The number of hydrogen-bond acceptors (Lipinski definition) is 10. The van der Waals surface area contributed by atoms with Crippen molar-refractivity contribution in [1.82, 2.24) is 0 Å². The first-order valence-corrected chi connectivity index (χ1v) is 10.4. The topological polar surface area (TPSA) is 264 Å². The Morgan fingerprint density at radius 3 is 1.19 bits per heavy atom. The van der Waals surface area contributed by atoms with E-state index in [1.165, 1.54) is 0 Å². The minimum absolute atomic E-state index is 0.249. The number of aromatic hydroxyl groups is 4. The van der Waals surface area contributed by atoms with Gasteiger partial charge in [-0.25, -0.2) is 9.59 Å². The number of aromatic carboxylic acids is 2. The van der Waals surface area contributed by atoms with Crippen molar-refractivity contribution < 1.29 is 66.2 Å². The maximum absolute atomic E-state index is 11.7. The molecule has 0 amide bonds. The fourth-order valence-electron chi connectivity index (χ4n) is 2.80. The van der Waals surface area contributed by atoms with Crippen LogP contribution in [0.15, 0.2) is 21.9 Å². The van der Waals surface area contributed by atoms with Gasteiger partial charge in [-0.15, -0.1) is 0 Å². The first-order chi connectivity index (χ1) is 14.0. The first kappa shape index (κ1) is 23.7. The summed E-state index contributed by atoms with van der Waals surface area (Å²) in [6, 6.07) is 0.498. The maximum atomic E-state index is 11.7. The quantitative estimate of drug-likeness (QED) is 0.200. The van der Waals surface area contributed by atoms with E-state index in [0.717, 1.165) is 0 Å². The number of carboxylic acid groups (broad SMARTS) is 2. The third kappa shape index (κ3) is 4.31. The van der Waals surface area contributed by atoms with Crippen LogP contribution in [0.4, 0.5) is 0 Å². The van der Waals surface area contributed by atoms with Crippen molar-refractivity contribution in [3.63, 3.8) is 0 Å². The summed E-state index contributed by atoms with van der Waals surface area (Å²) in [4.78, 5) is 19.5. The zero-order valence-corrected chi connectivity index (χ0v) is 16.3. The Bertz CT molecular complexity index is 1240. The van der Waals surface area contributed by atoms with Crippen LogP contribution in [0, 0.1) is 0 Å². The molecule has 0 saturated carbocycles. The van der Waals surface area contributed by atoms with Gasteiger partial charge in [0.25, 0.3) is 20.2 Å². The number of phenols is 4. The average Bonchev–Trinajstić information content (AvgIpc) is 2.57. The van der Waals surface area contributed by atoms with E-state index >= 15 is 0 Å². The number of hydrogen-bond donors (Lipinski definition) is 8. The Morgan fingerprint density at radius 1 is 0.677 bits per heavy atom. The van der Waals surface area contributed by atoms with Crippen molar-refractivity contribution >= 4 is 32.2 Å². The summed E-state index contributed by atoms with van der Waals surface area (Å²) in [5.74, 6) is -9.45. The minimum Gasteiger partial charge on any atom is -0.507 e. The van der Waals surface area contributed by atoms with E-state index in [9.17, 15) is 56.0 Å². The van der Waals surface area contributed by atoms with Crippen LogP contribution >= 0.6 is 0 Å². The van der Waals surface area contributed by atoms with Crippen LogP contribution in [0.5, 0.6) is 23.0 Å². The van der Waals surface area contributed by atoms with Crippen LogP contribution in [-0.2, 0) is 26.7 Å². The lowest BCUT2D eigenvalue weighted by atomic mass is 9.97. The molecule has 14 nitrogen and oxygen atoms in total. The number of carboxylic acids is 2. The molecule has 2 rings (SSSR count). The summed E-state index contributed by atoms with van der Waals surface area (Å²) in [6.45, 7) is 0. The van der Waals surface area contributed by atoms with Crippen molar-refractivity contribution in [3.05, 3.63) is 34.4 Å². The van der Waals surface area contributed by atoms with Gasteiger partial charge in [0.15, 0.2) is 0 Å².